The Morgan fingerprint density at radius 2 is 1.60 bits per heavy atom. The first-order valence-corrected chi connectivity index (χ1v) is 36.1. The fraction of sp³-hybridized carbons (Fsp3) is 0.494. The number of anilines is 3. The lowest BCUT2D eigenvalue weighted by atomic mass is 9.78. The SMILES string of the molecule is CO[C@H]1/C=C/O[C@@]2(C)Oc3c(C)c(=O)c4c(O)c(c5sc6cc(N(C)CC[N+](C)(C)Cc7ccc(NC(=O)[C@H](CCCNC(N)=O)CC(=O)[C@@H](NC(=O)CCCCCN8C(=O)C=CC8=O)C(C)C)cc7)ccc6nc5c4c3C2=O)NC(=O)/C(C)=C\C=C\[C@H](C)[C@H](O)[C@@H](C)[C@@H](O)[C@@H](C)[C@H](OC(C)=O)[C@@H]1C. The Hall–Kier alpha value is -9.41. The van der Waals surface area contributed by atoms with Crippen molar-refractivity contribution in [3.8, 4) is 11.5 Å². The first kappa shape index (κ1) is 80.3. The van der Waals surface area contributed by atoms with E-state index < -0.39 is 107 Å². The molecule has 0 spiro atoms. The number of amides is 7. The highest BCUT2D eigenvalue weighted by Gasteiger charge is 2.50. The number of Topliss-reactive ketones (excluding diaryl/α,β-unsaturated/α-hetero) is 2. The van der Waals surface area contributed by atoms with Crippen molar-refractivity contribution in [2.75, 3.05) is 70.0 Å². The number of primary amides is 1. The number of methoxy groups -OCH3 is 1. The molecule has 0 aliphatic carbocycles. The van der Waals surface area contributed by atoms with E-state index in [0.717, 1.165) is 16.2 Å². The molecule has 3 aliphatic rings. The molecule has 3 aliphatic heterocycles. The largest absolute Gasteiger partial charge is 0.505 e. The highest BCUT2D eigenvalue weighted by molar-refractivity contribution is 7.25. The highest BCUT2D eigenvalue weighted by Crippen LogP contribution is 2.50. The topological polar surface area (TPSA) is 362 Å². The lowest BCUT2D eigenvalue weighted by Gasteiger charge is -2.38. The molecule has 11 atom stereocenters. The van der Waals surface area contributed by atoms with Gasteiger partial charge in [0.25, 0.3) is 23.5 Å². The molecule has 0 saturated carbocycles. The number of hydrogen-bond acceptors (Lipinski definition) is 20. The monoisotopic (exact) mass is 1450 g/mol. The van der Waals surface area contributed by atoms with Crippen LogP contribution in [-0.2, 0) is 54.3 Å². The minimum atomic E-state index is -2.08. The molecule has 27 heteroatoms. The molecule has 0 unspecified atom stereocenters. The van der Waals surface area contributed by atoms with E-state index in [2.05, 4.69) is 40.3 Å². The number of carbonyl (C=O) groups is 9. The molecule has 4 bridgehead atoms. The number of aliphatic hydroxyl groups excluding tert-OH is 2. The van der Waals surface area contributed by atoms with E-state index >= 15 is 4.79 Å². The number of aromatic nitrogens is 1. The zero-order valence-corrected chi connectivity index (χ0v) is 62.6. The van der Waals surface area contributed by atoms with Crippen LogP contribution in [-0.4, -0.2) is 173 Å². The third kappa shape index (κ3) is 18.9. The van der Waals surface area contributed by atoms with Crippen molar-refractivity contribution >= 4 is 113 Å². The molecule has 7 amide bonds. The number of imide groups is 1. The summed E-state index contributed by atoms with van der Waals surface area (Å²) < 4.78 is 25.6. The Kier molecular flexibility index (Phi) is 26.6. The van der Waals surface area contributed by atoms with Crippen LogP contribution in [0, 0.1) is 42.4 Å². The van der Waals surface area contributed by atoms with Crippen molar-refractivity contribution in [1.82, 2.24) is 20.5 Å². The van der Waals surface area contributed by atoms with Gasteiger partial charge in [0.15, 0.2) is 17.0 Å². The highest BCUT2D eigenvalue weighted by atomic mass is 32.1. The van der Waals surface area contributed by atoms with Crippen LogP contribution >= 0.6 is 11.3 Å². The molecular formula is C77H100N9O17S+. The Morgan fingerprint density at radius 3 is 2.25 bits per heavy atom. The Bertz CT molecular complexity index is 4280. The number of ether oxygens (including phenoxy) is 4. The number of ketones is 2. The summed E-state index contributed by atoms with van der Waals surface area (Å²) in [5, 5.41) is 46.8. The van der Waals surface area contributed by atoms with E-state index in [0.29, 0.717) is 65.7 Å². The van der Waals surface area contributed by atoms with Crippen LogP contribution < -0.4 is 42.1 Å². The number of esters is 1. The van der Waals surface area contributed by atoms with Gasteiger partial charge in [-0.1, -0.05) is 78.3 Å². The maximum absolute atomic E-state index is 15.1. The first-order chi connectivity index (χ1) is 49.1. The molecule has 4 aromatic carbocycles. The van der Waals surface area contributed by atoms with E-state index in [9.17, 15) is 58.5 Å². The van der Waals surface area contributed by atoms with Crippen molar-refractivity contribution < 1.29 is 81.9 Å². The number of urea groups is 1. The lowest BCUT2D eigenvalue weighted by Crippen LogP contribution is -2.46. The summed E-state index contributed by atoms with van der Waals surface area (Å²) in [7, 11) is 7.58. The van der Waals surface area contributed by atoms with Gasteiger partial charge in [0, 0.05) is 129 Å². The number of benzene rings is 4. The minimum Gasteiger partial charge on any atom is -0.505 e. The van der Waals surface area contributed by atoms with Crippen LogP contribution in [0.15, 0.2) is 95.6 Å². The van der Waals surface area contributed by atoms with E-state index in [1.165, 1.54) is 69.8 Å². The molecule has 4 heterocycles. The minimum absolute atomic E-state index is 0.0111. The van der Waals surface area contributed by atoms with Gasteiger partial charge >= 0.3 is 17.8 Å². The average molecular weight is 1460 g/mol. The number of rotatable bonds is 25. The van der Waals surface area contributed by atoms with Gasteiger partial charge in [-0.2, -0.15) is 0 Å². The zero-order valence-electron chi connectivity index (χ0n) is 61.8. The number of phenols is 1. The number of aliphatic hydroxyl groups is 2. The van der Waals surface area contributed by atoms with Crippen molar-refractivity contribution in [2.24, 2.45) is 41.2 Å². The molecule has 1 aromatic heterocycles. The lowest BCUT2D eigenvalue weighted by molar-refractivity contribution is -0.902. The molecule has 9 N–H and O–H groups in total. The Balaban J connectivity index is 1.01. The predicted octanol–water partition coefficient (Wildman–Crippen LogP) is 8.77. The Labute approximate surface area is 609 Å². The maximum atomic E-state index is 15.1. The smallest absolute Gasteiger partial charge is 0.312 e. The standard InChI is InChI=1S/C77H99N9O17S/c1-41(2)63(82-57(89)23-16-15-17-34-85-58(90)30-31-59(85)91)54(88)38-50(22-19-33-79-76(78)99)75(98)80-51-26-24-49(25-27-51)40-86(12,13)36-35-84(11)52-28-29-53-56(39-52)104-72-64(81-53)60-61-68(94)47(8)71-62(60)73(96)77(10,103-71)101-37-32-55(100-14)44(5)70(102-48(9)87)46(7)67(93)45(6)66(92)42(3)20-18-21-43(4)74(97)83-65(72)69(61)95/h18,20-21,24-32,37,39,41-42,44-46,50,55,63,66-67,70,92-93H,15-17,19,22-23,33-36,38,40H2,1-14H3,(H6-,78,79,80,81,82,83,89,94,95,96,97,98,99)/p+1/b20-18+,37-32+,43-21-/t42-,44+,45+,46+,50+,55-,63-,66-,67+,70+,77-/m0/s1. The molecule has 560 valence electrons. The number of phenolic OH excluding ortho intramolecular Hbond substituents is 1. The number of likely N-dealkylation sites (N-methyl/N-ethyl adjacent to an activating group) is 2. The number of fused-ring (bicyclic) bond motifs is 2. The first-order valence-electron chi connectivity index (χ1n) is 35.3. The van der Waals surface area contributed by atoms with Gasteiger partial charge in [-0.25, -0.2) is 9.78 Å². The summed E-state index contributed by atoms with van der Waals surface area (Å²) in [6.07, 6.45) is 8.10. The second-order valence-electron chi connectivity index (χ2n) is 28.9. The van der Waals surface area contributed by atoms with Crippen LogP contribution in [0.3, 0.4) is 0 Å². The fourth-order valence-corrected chi connectivity index (χ4v) is 14.7. The molecule has 0 radical (unpaired) electrons. The summed E-state index contributed by atoms with van der Waals surface area (Å²) in [5.74, 6) is -10.2. The number of allylic oxidation sites excluding steroid dienone is 2. The second kappa shape index (κ2) is 34.5. The quantitative estimate of drug-likeness (QED) is 0.00514. The van der Waals surface area contributed by atoms with Gasteiger partial charge in [-0.15, -0.1) is 11.3 Å². The summed E-state index contributed by atoms with van der Waals surface area (Å²) >= 11 is 1.18. The van der Waals surface area contributed by atoms with Crippen LogP contribution in [0.5, 0.6) is 11.5 Å². The van der Waals surface area contributed by atoms with Gasteiger partial charge in [0.05, 0.1) is 89.2 Å². The van der Waals surface area contributed by atoms with Crippen molar-refractivity contribution in [1.29, 1.82) is 0 Å². The number of quaternary nitrogens is 1. The number of carbonyl (C=O) groups excluding carboxylic acids is 9. The summed E-state index contributed by atoms with van der Waals surface area (Å²) in [5.41, 5.74) is 7.46. The van der Waals surface area contributed by atoms with Gasteiger partial charge in [0.1, 0.15) is 24.1 Å². The maximum Gasteiger partial charge on any atom is 0.312 e. The Morgan fingerprint density at radius 1 is 0.904 bits per heavy atom. The number of unbranched alkanes of at least 4 members (excludes halogenated alkanes) is 2. The summed E-state index contributed by atoms with van der Waals surface area (Å²) in [6, 6.07) is 11.5. The normalized spacial score (nSPS) is 23.5. The van der Waals surface area contributed by atoms with Crippen LogP contribution in [0.2, 0.25) is 0 Å². The second-order valence-corrected chi connectivity index (χ2v) is 29.9. The predicted molar refractivity (Wildman–Crippen MR) is 397 cm³/mol. The number of nitrogens with two attached hydrogens (primary N) is 1. The van der Waals surface area contributed by atoms with E-state index in [-0.39, 0.29) is 111 Å². The molecule has 26 nitrogen and oxygen atoms in total. The number of nitrogens with zero attached hydrogens (tertiary/aromatic N) is 4. The number of nitrogens with one attached hydrogen (secondary N) is 4. The molecule has 5 aromatic rings. The molecule has 104 heavy (non-hydrogen) atoms. The van der Waals surface area contributed by atoms with Gasteiger partial charge < -0.3 is 70.7 Å². The number of hydrogen-bond donors (Lipinski definition) is 8. The fourth-order valence-electron chi connectivity index (χ4n) is 13.6. The average Bonchev–Trinajstić information content (AvgIpc) is 1.43. The van der Waals surface area contributed by atoms with E-state index in [1.807, 2.05) is 51.2 Å². The third-order valence-electron chi connectivity index (χ3n) is 20.0. The zero-order chi connectivity index (χ0) is 76.4. The van der Waals surface area contributed by atoms with E-state index in [4.69, 9.17) is 29.7 Å². The summed E-state index contributed by atoms with van der Waals surface area (Å²) in [4.78, 5) is 141. The van der Waals surface area contributed by atoms with E-state index in [1.54, 1.807) is 58.9 Å². The molecule has 0 fully saturated rings. The summed E-state index contributed by atoms with van der Waals surface area (Å²) in [6.45, 7) is 18.5. The van der Waals surface area contributed by atoms with Gasteiger partial charge in [-0.05, 0) is 81.9 Å². The van der Waals surface area contributed by atoms with Gasteiger partial charge in [0.2, 0.25) is 11.8 Å². The third-order valence-corrected chi connectivity index (χ3v) is 21.1. The van der Waals surface area contributed by atoms with Crippen LogP contribution in [0.1, 0.15) is 129 Å². The van der Waals surface area contributed by atoms with Crippen molar-refractivity contribution in [2.45, 2.75) is 157 Å². The van der Waals surface area contributed by atoms with Crippen molar-refractivity contribution in [3.05, 3.63) is 118 Å². The molecule has 0 saturated heterocycles. The molecule has 8 rings (SSSR count). The van der Waals surface area contributed by atoms with Gasteiger partial charge in [-0.3, -0.25) is 48.1 Å². The number of aromatic hydroxyl groups is 1. The van der Waals surface area contributed by atoms with Crippen LogP contribution in [0.25, 0.3) is 31.2 Å². The van der Waals surface area contributed by atoms with Crippen LogP contribution in [0.4, 0.5) is 21.9 Å². The van der Waals surface area contributed by atoms with Crippen molar-refractivity contribution in [3.63, 3.8) is 0 Å². The molecular weight excluding hydrogens is 1350 g/mol.